The van der Waals surface area contributed by atoms with Gasteiger partial charge in [0.1, 0.15) is 19.3 Å². The molecule has 0 radical (unpaired) electrons. The van der Waals surface area contributed by atoms with E-state index in [4.69, 9.17) is 13.8 Å². The standard InChI is InChI=1S/C67H119N2O7P/c1-7-10-13-16-19-22-25-27-29-31-33-34-36-38-40-42-45-48-51-54-57-60-67(71)76-65(58-55-52-49-46-43-24-21-18-15-12-9-3)64(63-75-77(72,73)74-62-61-69(4,5)6)68-66(70)59-56-53-50-47-44-41-39-37-35-32-30-28-26-23-20-17-14-11-8-2/h10,13,19,22,27-30,33-34,38,40,45,48,55,58,64-65H,7-9,11-12,14-18,20-21,23-26,31-32,35-37,39,41-44,46-47,49-54,56-57,59-63H2,1-6H3,(H-,68,70,72,73)/b13-10-,22-19-,29-27-,30-28+,34-33-,40-38-,48-45-,58-55+. The van der Waals surface area contributed by atoms with Crippen LogP contribution in [0.2, 0.25) is 0 Å². The van der Waals surface area contributed by atoms with Crippen molar-refractivity contribution in [3.8, 4) is 0 Å². The first-order chi connectivity index (χ1) is 37.4. The number of ether oxygens (including phenoxy) is 1. The Hall–Kier alpha value is -3.07. The molecular formula is C67H119N2O7P. The first-order valence-corrected chi connectivity index (χ1v) is 33.0. The summed E-state index contributed by atoms with van der Waals surface area (Å²) in [6.07, 6.45) is 75.2. The van der Waals surface area contributed by atoms with Crippen LogP contribution in [0, 0.1) is 0 Å². The lowest BCUT2D eigenvalue weighted by Crippen LogP contribution is -2.47. The molecule has 9 nitrogen and oxygen atoms in total. The van der Waals surface area contributed by atoms with Gasteiger partial charge in [-0.05, 0) is 109 Å². The number of likely N-dealkylation sites (N-methyl/N-ethyl adjacent to an activating group) is 1. The van der Waals surface area contributed by atoms with Gasteiger partial charge in [-0.1, -0.05) is 240 Å². The van der Waals surface area contributed by atoms with Crippen molar-refractivity contribution in [1.82, 2.24) is 5.32 Å². The van der Waals surface area contributed by atoms with Crippen molar-refractivity contribution in [3.63, 3.8) is 0 Å². The van der Waals surface area contributed by atoms with E-state index >= 15 is 0 Å². The molecule has 0 fully saturated rings. The molecule has 0 rings (SSSR count). The summed E-state index contributed by atoms with van der Waals surface area (Å²) in [7, 11) is 1.15. The maximum absolute atomic E-state index is 13.5. The highest BCUT2D eigenvalue weighted by molar-refractivity contribution is 7.45. The highest BCUT2D eigenvalue weighted by Gasteiger charge is 2.27. The summed E-state index contributed by atoms with van der Waals surface area (Å²) < 4.78 is 30.3. The zero-order valence-electron chi connectivity index (χ0n) is 50.6. The van der Waals surface area contributed by atoms with Crippen molar-refractivity contribution in [2.45, 2.75) is 277 Å². The summed E-state index contributed by atoms with van der Waals surface area (Å²) in [6.45, 7) is 6.69. The Labute approximate surface area is 475 Å². The lowest BCUT2D eigenvalue weighted by atomic mass is 10.0. The van der Waals surface area contributed by atoms with Gasteiger partial charge in [0, 0.05) is 12.8 Å². The predicted molar refractivity (Wildman–Crippen MR) is 330 cm³/mol. The van der Waals surface area contributed by atoms with Gasteiger partial charge in [-0.2, -0.15) is 0 Å². The average molecular weight is 1100 g/mol. The van der Waals surface area contributed by atoms with Gasteiger partial charge >= 0.3 is 5.97 Å². The molecule has 1 amide bonds. The first kappa shape index (κ1) is 73.9. The Balaban J connectivity index is 5.29. The summed E-state index contributed by atoms with van der Waals surface area (Å²) in [5.74, 6) is -0.596. The second kappa shape index (κ2) is 56.2. The molecule has 0 aliphatic heterocycles. The molecule has 0 spiro atoms. The average Bonchev–Trinajstić information content (AvgIpc) is 3.39. The molecule has 0 saturated carbocycles. The lowest BCUT2D eigenvalue weighted by molar-refractivity contribution is -0.870. The van der Waals surface area contributed by atoms with Crippen LogP contribution >= 0.6 is 7.82 Å². The second-order valence-corrected chi connectivity index (χ2v) is 23.6. The van der Waals surface area contributed by atoms with Crippen LogP contribution < -0.4 is 10.2 Å². The number of esters is 1. The van der Waals surface area contributed by atoms with Crippen LogP contribution in [0.25, 0.3) is 0 Å². The van der Waals surface area contributed by atoms with E-state index in [1.165, 1.54) is 128 Å². The molecule has 1 N–H and O–H groups in total. The fourth-order valence-corrected chi connectivity index (χ4v) is 9.36. The quantitative estimate of drug-likeness (QED) is 0.0212. The van der Waals surface area contributed by atoms with Crippen molar-refractivity contribution in [2.24, 2.45) is 0 Å². The summed E-state index contributed by atoms with van der Waals surface area (Å²) in [6, 6.07) is -0.912. The summed E-state index contributed by atoms with van der Waals surface area (Å²) in [4.78, 5) is 40.0. The van der Waals surface area contributed by atoms with Crippen LogP contribution in [0.15, 0.2) is 97.2 Å². The number of hydrogen-bond donors (Lipinski definition) is 1. The minimum Gasteiger partial charge on any atom is -0.756 e. The van der Waals surface area contributed by atoms with Gasteiger partial charge in [-0.25, -0.2) is 0 Å². The van der Waals surface area contributed by atoms with Gasteiger partial charge in [-0.15, -0.1) is 0 Å². The third-order valence-electron chi connectivity index (χ3n) is 13.5. The van der Waals surface area contributed by atoms with Crippen molar-refractivity contribution < 1.29 is 37.3 Å². The molecule has 444 valence electrons. The Bertz CT molecular complexity index is 1640. The Morgan fingerprint density at radius 3 is 1.27 bits per heavy atom. The SMILES string of the molecule is CC/C=C\C/C=C\C/C=C\C/C=C\C/C=C\C/C=C\CCCCC(=O)OC(/C=C/CCCCCCCCCCC)C(COP(=O)([O-])OCC[N+](C)(C)C)NC(=O)CCCCCCCCCCC/C=C/CCCCCCCC. The third kappa shape index (κ3) is 57.4. The number of carbonyl (C=O) groups excluding carboxylic acids is 2. The number of carbonyl (C=O) groups is 2. The Kier molecular flexibility index (Phi) is 54.0. The summed E-state index contributed by atoms with van der Waals surface area (Å²) in [5.41, 5.74) is 0. The van der Waals surface area contributed by atoms with E-state index in [1.54, 1.807) is 0 Å². The maximum atomic E-state index is 13.5. The van der Waals surface area contributed by atoms with E-state index in [2.05, 4.69) is 111 Å². The van der Waals surface area contributed by atoms with Crippen LogP contribution in [0.1, 0.15) is 265 Å². The molecule has 0 aromatic heterocycles. The number of nitrogens with zero attached hydrogens (tertiary/aromatic N) is 1. The highest BCUT2D eigenvalue weighted by Crippen LogP contribution is 2.38. The van der Waals surface area contributed by atoms with E-state index in [-0.39, 0.29) is 24.9 Å². The number of phosphoric ester groups is 1. The predicted octanol–water partition coefficient (Wildman–Crippen LogP) is 18.9. The Morgan fingerprint density at radius 2 is 0.831 bits per heavy atom. The number of unbranched alkanes of at least 4 members (excludes halogenated alkanes) is 26. The van der Waals surface area contributed by atoms with E-state index in [9.17, 15) is 19.0 Å². The van der Waals surface area contributed by atoms with E-state index in [1.807, 2.05) is 33.3 Å². The maximum Gasteiger partial charge on any atom is 0.306 e. The molecule has 0 aromatic carbocycles. The molecule has 10 heteroatoms. The molecule has 0 aliphatic rings. The molecule has 0 aromatic rings. The monoisotopic (exact) mass is 1090 g/mol. The van der Waals surface area contributed by atoms with Crippen LogP contribution in [-0.2, 0) is 27.9 Å². The van der Waals surface area contributed by atoms with Gasteiger partial charge in [0.05, 0.1) is 33.8 Å². The van der Waals surface area contributed by atoms with Crippen LogP contribution in [0.5, 0.6) is 0 Å². The Morgan fingerprint density at radius 1 is 0.468 bits per heavy atom. The van der Waals surface area contributed by atoms with E-state index in [0.29, 0.717) is 23.9 Å². The molecular weight excluding hydrogens is 976 g/mol. The van der Waals surface area contributed by atoms with Gasteiger partial charge in [0.15, 0.2) is 0 Å². The lowest BCUT2D eigenvalue weighted by Gasteiger charge is -2.30. The van der Waals surface area contributed by atoms with Crippen molar-refractivity contribution >= 4 is 19.7 Å². The highest BCUT2D eigenvalue weighted by atomic mass is 31.2. The number of hydrogen-bond acceptors (Lipinski definition) is 7. The van der Waals surface area contributed by atoms with Crippen molar-refractivity contribution in [1.29, 1.82) is 0 Å². The number of allylic oxidation sites excluding steroid dienone is 15. The third-order valence-corrected chi connectivity index (χ3v) is 14.5. The molecule has 0 saturated heterocycles. The summed E-state index contributed by atoms with van der Waals surface area (Å²) >= 11 is 0. The molecule has 3 unspecified atom stereocenters. The van der Waals surface area contributed by atoms with Gasteiger partial charge in [0.2, 0.25) is 5.91 Å². The van der Waals surface area contributed by atoms with Gasteiger partial charge in [-0.3, -0.25) is 14.2 Å². The van der Waals surface area contributed by atoms with E-state index in [0.717, 1.165) is 96.3 Å². The van der Waals surface area contributed by atoms with Crippen molar-refractivity contribution in [3.05, 3.63) is 97.2 Å². The van der Waals surface area contributed by atoms with Crippen molar-refractivity contribution in [2.75, 3.05) is 40.9 Å². The second-order valence-electron chi connectivity index (χ2n) is 22.2. The summed E-state index contributed by atoms with van der Waals surface area (Å²) in [5, 5.41) is 3.02. The van der Waals surface area contributed by atoms with Crippen LogP contribution in [0.4, 0.5) is 0 Å². The minimum absolute atomic E-state index is 0.0338. The minimum atomic E-state index is -4.71. The molecule has 3 atom stereocenters. The first-order valence-electron chi connectivity index (χ1n) is 31.5. The number of nitrogens with one attached hydrogen (secondary N) is 1. The fraction of sp³-hybridized carbons (Fsp3) is 0.731. The largest absolute Gasteiger partial charge is 0.756 e. The molecule has 0 bridgehead atoms. The molecule has 0 heterocycles. The number of rotatable bonds is 56. The molecule has 0 aliphatic carbocycles. The topological polar surface area (TPSA) is 114 Å². The van der Waals surface area contributed by atoms with Gasteiger partial charge < -0.3 is 28.5 Å². The number of quaternary nitrogens is 1. The van der Waals surface area contributed by atoms with Gasteiger partial charge in [0.25, 0.3) is 7.82 Å². The zero-order valence-corrected chi connectivity index (χ0v) is 51.5. The zero-order chi connectivity index (χ0) is 56.4. The van der Waals surface area contributed by atoms with E-state index < -0.39 is 26.6 Å². The van der Waals surface area contributed by atoms with Crippen LogP contribution in [-0.4, -0.2) is 69.4 Å². The smallest absolute Gasteiger partial charge is 0.306 e. The van der Waals surface area contributed by atoms with Crippen LogP contribution in [0.3, 0.4) is 0 Å². The number of amides is 1. The normalized spacial score (nSPS) is 14.3. The fourth-order valence-electron chi connectivity index (χ4n) is 8.64. The number of phosphoric acid groups is 1. The molecule has 77 heavy (non-hydrogen) atoms.